The number of aromatic nitrogens is 4. The van der Waals surface area contributed by atoms with Crippen molar-refractivity contribution in [2.75, 3.05) is 0 Å². The molecule has 2 aliphatic rings. The zero-order valence-corrected chi connectivity index (χ0v) is 12.1. The van der Waals surface area contributed by atoms with Crippen LogP contribution in [-0.4, -0.2) is 30.7 Å². The van der Waals surface area contributed by atoms with Crippen LogP contribution in [0.3, 0.4) is 0 Å². The molecule has 2 aromatic heterocycles. The van der Waals surface area contributed by atoms with Gasteiger partial charge in [0, 0.05) is 23.5 Å². The molecule has 20 heavy (non-hydrogen) atoms. The van der Waals surface area contributed by atoms with Gasteiger partial charge in [-0.15, -0.1) is 0 Å². The summed E-state index contributed by atoms with van der Waals surface area (Å²) in [6, 6.07) is 0. The number of aliphatic imine (C=N–C) groups is 1. The van der Waals surface area contributed by atoms with Crippen LogP contribution < -0.4 is 0 Å². The van der Waals surface area contributed by atoms with Crippen molar-refractivity contribution in [3.63, 3.8) is 0 Å². The zero-order valence-electron chi connectivity index (χ0n) is 11.2. The number of nitrogens with one attached hydrogen (secondary N) is 2. The van der Waals surface area contributed by atoms with Gasteiger partial charge in [0.15, 0.2) is 0 Å². The second kappa shape index (κ2) is 4.63. The van der Waals surface area contributed by atoms with Gasteiger partial charge in [-0.1, -0.05) is 6.92 Å². The summed E-state index contributed by atoms with van der Waals surface area (Å²) in [6.07, 6.45) is 10.3. The predicted octanol–water partition coefficient (Wildman–Crippen LogP) is 2.69. The first-order valence-electron chi connectivity index (χ1n) is 6.90. The Bertz CT molecular complexity index is 652. The Labute approximate surface area is 119 Å². The fourth-order valence-corrected chi connectivity index (χ4v) is 5.24. The van der Waals surface area contributed by atoms with Gasteiger partial charge in [-0.2, -0.15) is 21.1 Å². The van der Waals surface area contributed by atoms with Crippen LogP contribution in [0.15, 0.2) is 35.2 Å². The molecule has 2 aromatic rings. The summed E-state index contributed by atoms with van der Waals surface area (Å²) in [7, 11) is -0.355. The van der Waals surface area contributed by atoms with Gasteiger partial charge in [-0.25, -0.2) is 4.99 Å². The van der Waals surface area contributed by atoms with Crippen molar-refractivity contribution in [1.82, 2.24) is 20.4 Å². The summed E-state index contributed by atoms with van der Waals surface area (Å²) >= 11 is 0. The van der Waals surface area contributed by atoms with Gasteiger partial charge in [0.1, 0.15) is 0 Å². The summed E-state index contributed by atoms with van der Waals surface area (Å²) in [5.41, 5.74) is 3.24. The first-order chi connectivity index (χ1) is 9.83. The van der Waals surface area contributed by atoms with Crippen molar-refractivity contribution in [2.45, 2.75) is 25.0 Å². The predicted molar refractivity (Wildman–Crippen MR) is 82.9 cm³/mol. The third-order valence-corrected chi connectivity index (χ3v) is 6.69. The molecule has 1 saturated carbocycles. The Kier molecular flexibility index (Phi) is 2.77. The van der Waals surface area contributed by atoms with E-state index in [2.05, 4.69) is 32.7 Å². The molecule has 6 heteroatoms. The fourth-order valence-electron chi connectivity index (χ4n) is 2.63. The molecule has 3 heterocycles. The molecule has 1 aliphatic heterocycles. The second-order valence-electron chi connectivity index (χ2n) is 5.41. The molecular formula is C14H17N5S. The minimum atomic E-state index is -0.355. The Morgan fingerprint density at radius 3 is 2.45 bits per heavy atom. The number of H-pyrrole nitrogens is 2. The van der Waals surface area contributed by atoms with E-state index >= 15 is 0 Å². The highest BCUT2D eigenvalue weighted by atomic mass is 32.2. The Hall–Kier alpha value is -1.82. The van der Waals surface area contributed by atoms with Gasteiger partial charge < -0.3 is 0 Å². The van der Waals surface area contributed by atoms with Gasteiger partial charge in [-0.3, -0.25) is 10.2 Å². The SMILES string of the molecule is CC(C1CC1)[SH]1C=C(c2cn[nH]c2)N=C1c1cn[nH]c1. The standard InChI is InChI=1S/C14H17N5S/c1-9(10-2-3-10)20-8-13(11-4-15-16-5-11)19-14(20)12-6-17-18-7-12/h4-10,20H,2-3H2,1H3,(H,15,16)(H,17,18). The summed E-state index contributed by atoms with van der Waals surface area (Å²) in [6.45, 7) is 2.37. The van der Waals surface area contributed by atoms with E-state index in [9.17, 15) is 0 Å². The largest absolute Gasteiger partial charge is 0.285 e. The minimum Gasteiger partial charge on any atom is -0.285 e. The van der Waals surface area contributed by atoms with E-state index in [-0.39, 0.29) is 10.9 Å². The average molecular weight is 287 g/mol. The molecule has 1 aliphatic carbocycles. The topological polar surface area (TPSA) is 69.7 Å². The minimum absolute atomic E-state index is 0.355. The molecule has 0 saturated heterocycles. The summed E-state index contributed by atoms with van der Waals surface area (Å²) in [5.74, 6) is 0.873. The van der Waals surface area contributed by atoms with Gasteiger partial charge in [0.2, 0.25) is 0 Å². The maximum absolute atomic E-state index is 4.87. The van der Waals surface area contributed by atoms with E-state index in [1.54, 1.807) is 0 Å². The molecule has 104 valence electrons. The van der Waals surface area contributed by atoms with Crippen molar-refractivity contribution in [1.29, 1.82) is 0 Å². The summed E-state index contributed by atoms with van der Waals surface area (Å²) in [5, 5.41) is 18.1. The third kappa shape index (κ3) is 2.00. The summed E-state index contributed by atoms with van der Waals surface area (Å²) in [4.78, 5) is 4.87. The van der Waals surface area contributed by atoms with Crippen LogP contribution in [-0.2, 0) is 0 Å². The van der Waals surface area contributed by atoms with Crippen LogP contribution >= 0.6 is 10.9 Å². The number of hydrogen-bond acceptors (Lipinski definition) is 3. The van der Waals surface area contributed by atoms with Crippen LogP contribution in [0.2, 0.25) is 0 Å². The number of rotatable bonds is 4. The van der Waals surface area contributed by atoms with Crippen LogP contribution in [0.1, 0.15) is 30.9 Å². The molecule has 1 fully saturated rings. The fraction of sp³-hybridized carbons (Fsp3) is 0.357. The van der Waals surface area contributed by atoms with E-state index in [1.165, 1.54) is 17.9 Å². The number of thiol groups is 1. The van der Waals surface area contributed by atoms with Crippen LogP contribution in [0.25, 0.3) is 5.70 Å². The highest BCUT2D eigenvalue weighted by Gasteiger charge is 2.35. The molecule has 4 rings (SSSR count). The van der Waals surface area contributed by atoms with Gasteiger partial charge in [0.25, 0.3) is 0 Å². The third-order valence-electron chi connectivity index (χ3n) is 4.03. The molecule has 0 spiro atoms. The lowest BCUT2D eigenvalue weighted by molar-refractivity contribution is 0.821. The van der Waals surface area contributed by atoms with Gasteiger partial charge in [0.05, 0.1) is 23.1 Å². The molecular weight excluding hydrogens is 270 g/mol. The Morgan fingerprint density at radius 1 is 1.15 bits per heavy atom. The monoisotopic (exact) mass is 287 g/mol. The molecule has 2 atom stereocenters. The van der Waals surface area contributed by atoms with E-state index in [0.29, 0.717) is 5.25 Å². The van der Waals surface area contributed by atoms with Crippen molar-refractivity contribution in [3.8, 4) is 0 Å². The van der Waals surface area contributed by atoms with Gasteiger partial charge >= 0.3 is 0 Å². The smallest absolute Gasteiger partial charge is 0.0914 e. The molecule has 0 aromatic carbocycles. The molecule has 2 N–H and O–H groups in total. The van der Waals surface area contributed by atoms with E-state index in [1.807, 2.05) is 24.8 Å². The lowest BCUT2D eigenvalue weighted by atomic mass is 10.3. The molecule has 5 nitrogen and oxygen atoms in total. The molecule has 0 amide bonds. The lowest BCUT2D eigenvalue weighted by Gasteiger charge is -2.22. The maximum Gasteiger partial charge on any atom is 0.0914 e. The number of hydrogen-bond donors (Lipinski definition) is 3. The molecule has 0 bridgehead atoms. The Morgan fingerprint density at radius 2 is 1.85 bits per heavy atom. The first-order valence-corrected chi connectivity index (χ1v) is 8.38. The first kappa shape index (κ1) is 12.0. The highest BCUT2D eigenvalue weighted by molar-refractivity contribution is 8.33. The lowest BCUT2D eigenvalue weighted by Crippen LogP contribution is -2.10. The van der Waals surface area contributed by atoms with Crippen molar-refractivity contribution in [3.05, 3.63) is 41.3 Å². The quantitative estimate of drug-likeness (QED) is 0.757. The van der Waals surface area contributed by atoms with Crippen molar-refractivity contribution >= 4 is 21.6 Å². The normalized spacial score (nSPS) is 25.4. The Balaban J connectivity index is 1.72. The molecule has 0 radical (unpaired) electrons. The van der Waals surface area contributed by atoms with Crippen LogP contribution in [0.4, 0.5) is 0 Å². The highest BCUT2D eigenvalue weighted by Crippen LogP contribution is 2.53. The van der Waals surface area contributed by atoms with Crippen molar-refractivity contribution in [2.24, 2.45) is 10.9 Å². The van der Waals surface area contributed by atoms with Gasteiger partial charge in [-0.05, 0) is 29.4 Å². The second-order valence-corrected chi connectivity index (χ2v) is 7.72. The number of aromatic amines is 2. The maximum atomic E-state index is 4.87. The van der Waals surface area contributed by atoms with Crippen molar-refractivity contribution < 1.29 is 0 Å². The average Bonchev–Trinajstić information content (AvgIpc) is 2.94. The van der Waals surface area contributed by atoms with E-state index in [0.717, 1.165) is 22.7 Å². The summed E-state index contributed by atoms with van der Waals surface area (Å²) < 4.78 is 0. The molecule has 2 unspecified atom stereocenters. The van der Waals surface area contributed by atoms with E-state index in [4.69, 9.17) is 4.99 Å². The van der Waals surface area contributed by atoms with Crippen LogP contribution in [0.5, 0.6) is 0 Å². The van der Waals surface area contributed by atoms with Crippen LogP contribution in [0, 0.1) is 5.92 Å². The zero-order chi connectivity index (χ0) is 13.5. The van der Waals surface area contributed by atoms with E-state index < -0.39 is 0 Å². The number of nitrogens with zero attached hydrogens (tertiary/aromatic N) is 3.